The molecule has 0 radical (unpaired) electrons. The first kappa shape index (κ1) is 10.4. The van der Waals surface area contributed by atoms with Gasteiger partial charge in [0.25, 0.3) is 0 Å². The summed E-state index contributed by atoms with van der Waals surface area (Å²) in [5.74, 6) is 1.23. The Labute approximate surface area is 77.5 Å². The van der Waals surface area contributed by atoms with Crippen molar-refractivity contribution in [2.24, 2.45) is 11.8 Å². The van der Waals surface area contributed by atoms with E-state index in [1.54, 1.807) is 0 Å². The van der Waals surface area contributed by atoms with E-state index in [-0.39, 0.29) is 0 Å². The van der Waals surface area contributed by atoms with E-state index in [0.29, 0.717) is 17.5 Å². The number of halogens is 1. The minimum atomic E-state index is -0.525. The Morgan fingerprint density at radius 1 is 1.42 bits per heavy atom. The molecule has 0 N–H and O–H groups in total. The first-order valence-electron chi connectivity index (χ1n) is 4.97. The molecule has 0 saturated heterocycles. The second-order valence-corrected chi connectivity index (χ2v) is 5.63. The summed E-state index contributed by atoms with van der Waals surface area (Å²) in [6.45, 7) is 4.36. The fourth-order valence-electron chi connectivity index (χ4n) is 2.37. The van der Waals surface area contributed by atoms with Crippen molar-refractivity contribution in [1.82, 2.24) is 0 Å². The summed E-state index contributed by atoms with van der Waals surface area (Å²) in [4.78, 5) is 0. The standard InChI is InChI=1S/C10H20FP/c1-7-3-9(5-8(2)12)6-10(11)4-7/h7-10H,3-6,12H2,1-2H3. The maximum atomic E-state index is 13.1. The van der Waals surface area contributed by atoms with Crippen LogP contribution in [0.25, 0.3) is 0 Å². The molecule has 1 aliphatic carbocycles. The lowest BCUT2D eigenvalue weighted by Gasteiger charge is -2.30. The highest BCUT2D eigenvalue weighted by Crippen LogP contribution is 2.34. The third-order valence-electron chi connectivity index (χ3n) is 2.69. The van der Waals surface area contributed by atoms with Gasteiger partial charge in [-0.2, -0.15) is 0 Å². The molecule has 0 aromatic heterocycles. The molecule has 0 spiro atoms. The Balaban J connectivity index is 2.34. The monoisotopic (exact) mass is 190 g/mol. The van der Waals surface area contributed by atoms with Crippen LogP contribution in [0, 0.1) is 11.8 Å². The third-order valence-corrected chi connectivity index (χ3v) is 2.96. The summed E-state index contributed by atoms with van der Waals surface area (Å²) in [7, 11) is 2.81. The van der Waals surface area contributed by atoms with Crippen molar-refractivity contribution in [1.29, 1.82) is 0 Å². The highest BCUT2D eigenvalue weighted by molar-refractivity contribution is 7.17. The lowest BCUT2D eigenvalue weighted by atomic mass is 9.79. The summed E-state index contributed by atoms with van der Waals surface area (Å²) in [5.41, 5.74) is 0.646. The summed E-state index contributed by atoms with van der Waals surface area (Å²) in [6, 6.07) is 0. The van der Waals surface area contributed by atoms with E-state index in [0.717, 1.165) is 12.8 Å². The average molecular weight is 190 g/mol. The molecule has 0 heterocycles. The second kappa shape index (κ2) is 4.56. The number of rotatable bonds is 2. The van der Waals surface area contributed by atoms with Gasteiger partial charge in [0.05, 0.1) is 0 Å². The zero-order valence-corrected chi connectivity index (χ0v) is 9.25. The Bertz CT molecular complexity index is 123. The quantitative estimate of drug-likeness (QED) is 0.585. The van der Waals surface area contributed by atoms with Crippen LogP contribution in [0.4, 0.5) is 4.39 Å². The van der Waals surface area contributed by atoms with Crippen LogP contribution in [-0.4, -0.2) is 11.8 Å². The molecule has 0 amide bonds. The summed E-state index contributed by atoms with van der Waals surface area (Å²) < 4.78 is 13.1. The molecular weight excluding hydrogens is 170 g/mol. The van der Waals surface area contributed by atoms with Crippen LogP contribution in [0.2, 0.25) is 0 Å². The molecular formula is C10H20FP. The number of hydrogen-bond donors (Lipinski definition) is 0. The summed E-state index contributed by atoms with van der Waals surface area (Å²) >= 11 is 0. The molecule has 2 heteroatoms. The van der Waals surface area contributed by atoms with Gasteiger partial charge >= 0.3 is 0 Å². The van der Waals surface area contributed by atoms with Crippen molar-refractivity contribution in [3.8, 4) is 0 Å². The van der Waals surface area contributed by atoms with Crippen molar-refractivity contribution in [3.63, 3.8) is 0 Å². The van der Waals surface area contributed by atoms with Gasteiger partial charge in [-0.05, 0) is 43.2 Å². The zero-order chi connectivity index (χ0) is 9.14. The summed E-state index contributed by atoms with van der Waals surface area (Å²) in [5, 5.41) is 0. The molecule has 1 saturated carbocycles. The second-order valence-electron chi connectivity index (χ2n) is 4.49. The maximum absolute atomic E-state index is 13.1. The average Bonchev–Trinajstić information content (AvgIpc) is 1.81. The van der Waals surface area contributed by atoms with Crippen LogP contribution in [-0.2, 0) is 0 Å². The van der Waals surface area contributed by atoms with E-state index in [9.17, 15) is 4.39 Å². The number of hydrogen-bond acceptors (Lipinski definition) is 0. The topological polar surface area (TPSA) is 0 Å². The van der Waals surface area contributed by atoms with E-state index in [4.69, 9.17) is 0 Å². The molecule has 1 rings (SSSR count). The minimum Gasteiger partial charge on any atom is -0.247 e. The molecule has 5 unspecified atom stereocenters. The van der Waals surface area contributed by atoms with Crippen molar-refractivity contribution in [2.45, 2.75) is 51.4 Å². The van der Waals surface area contributed by atoms with Gasteiger partial charge in [0.2, 0.25) is 0 Å². The first-order chi connectivity index (χ1) is 5.58. The van der Waals surface area contributed by atoms with Gasteiger partial charge in [-0.25, -0.2) is 4.39 Å². The van der Waals surface area contributed by atoms with E-state index >= 15 is 0 Å². The lowest BCUT2D eigenvalue weighted by molar-refractivity contribution is 0.151. The highest BCUT2D eigenvalue weighted by atomic mass is 31.0. The fourth-order valence-corrected chi connectivity index (χ4v) is 2.76. The van der Waals surface area contributed by atoms with E-state index in [1.165, 1.54) is 12.8 Å². The first-order valence-corrected chi connectivity index (χ1v) is 5.64. The number of alkyl halides is 1. The lowest BCUT2D eigenvalue weighted by Crippen LogP contribution is -2.23. The van der Waals surface area contributed by atoms with Gasteiger partial charge in [-0.1, -0.05) is 13.8 Å². The molecule has 0 aromatic rings. The molecule has 72 valence electrons. The maximum Gasteiger partial charge on any atom is 0.101 e. The van der Waals surface area contributed by atoms with Gasteiger partial charge in [-0.15, -0.1) is 9.24 Å². The third kappa shape index (κ3) is 3.39. The van der Waals surface area contributed by atoms with Crippen LogP contribution in [0.15, 0.2) is 0 Å². The van der Waals surface area contributed by atoms with Crippen molar-refractivity contribution in [2.75, 3.05) is 0 Å². The normalized spacial score (nSPS) is 39.5. The molecule has 0 bridgehead atoms. The van der Waals surface area contributed by atoms with Crippen molar-refractivity contribution in [3.05, 3.63) is 0 Å². The molecule has 0 aliphatic heterocycles. The highest BCUT2D eigenvalue weighted by Gasteiger charge is 2.26. The molecule has 1 aliphatic rings. The largest absolute Gasteiger partial charge is 0.247 e. The van der Waals surface area contributed by atoms with Crippen LogP contribution in [0.5, 0.6) is 0 Å². The van der Waals surface area contributed by atoms with Gasteiger partial charge in [0, 0.05) is 0 Å². The Morgan fingerprint density at radius 2 is 2.08 bits per heavy atom. The van der Waals surface area contributed by atoms with Crippen LogP contribution in [0.1, 0.15) is 39.5 Å². The van der Waals surface area contributed by atoms with Gasteiger partial charge < -0.3 is 0 Å². The minimum absolute atomic E-state index is 0.525. The Kier molecular flexibility index (Phi) is 3.96. The van der Waals surface area contributed by atoms with Crippen LogP contribution < -0.4 is 0 Å². The smallest absolute Gasteiger partial charge is 0.101 e. The van der Waals surface area contributed by atoms with Gasteiger partial charge in [0.15, 0.2) is 0 Å². The molecule has 12 heavy (non-hydrogen) atoms. The predicted octanol–water partition coefficient (Wildman–Crippen LogP) is 3.41. The molecule has 1 fully saturated rings. The molecule has 0 aromatic carbocycles. The van der Waals surface area contributed by atoms with Crippen LogP contribution >= 0.6 is 9.24 Å². The van der Waals surface area contributed by atoms with Crippen LogP contribution in [0.3, 0.4) is 0 Å². The Morgan fingerprint density at radius 3 is 2.58 bits per heavy atom. The van der Waals surface area contributed by atoms with Crippen molar-refractivity contribution < 1.29 is 4.39 Å². The van der Waals surface area contributed by atoms with Crippen molar-refractivity contribution >= 4 is 9.24 Å². The fraction of sp³-hybridized carbons (Fsp3) is 1.00. The predicted molar refractivity (Wildman–Crippen MR) is 55.2 cm³/mol. The molecule has 5 atom stereocenters. The van der Waals surface area contributed by atoms with E-state index in [2.05, 4.69) is 23.1 Å². The van der Waals surface area contributed by atoms with Gasteiger partial charge in [-0.3, -0.25) is 0 Å². The summed E-state index contributed by atoms with van der Waals surface area (Å²) in [6.07, 6.45) is 3.49. The van der Waals surface area contributed by atoms with E-state index < -0.39 is 6.17 Å². The zero-order valence-electron chi connectivity index (χ0n) is 8.09. The SMILES string of the molecule is CC(P)CC1CC(C)CC(F)C1. The van der Waals surface area contributed by atoms with Gasteiger partial charge in [0.1, 0.15) is 6.17 Å². The van der Waals surface area contributed by atoms with E-state index in [1.807, 2.05) is 0 Å². The molecule has 0 nitrogen and oxygen atoms in total. The Hall–Kier alpha value is 0.360.